The molecule has 0 bridgehead atoms. The predicted molar refractivity (Wildman–Crippen MR) is 70.4 cm³/mol. The van der Waals surface area contributed by atoms with Gasteiger partial charge in [0.1, 0.15) is 0 Å². The number of hydrogen-bond donors (Lipinski definition) is 2. The number of rotatable bonds is 6. The second-order valence-electron chi connectivity index (χ2n) is 3.73. The standard InChI is InChI=1S/C12H17FN2O2.ClH/c1-9(8-14)15-12(16)6-7-17-11-5-3-2-4-10(11)13;/h2-5,9H,6-8,14H2,1H3,(H,15,16);1H/t9-;/m0./s1. The summed E-state index contributed by atoms with van der Waals surface area (Å²) in [6.45, 7) is 2.35. The number of nitrogens with two attached hydrogens (primary N) is 1. The third kappa shape index (κ3) is 5.84. The predicted octanol–water partition coefficient (Wildman–Crippen LogP) is 1.48. The second kappa shape index (κ2) is 8.72. The third-order valence-corrected chi connectivity index (χ3v) is 2.18. The normalized spacial score (nSPS) is 11.3. The number of carbonyl (C=O) groups excluding carboxylic acids is 1. The lowest BCUT2D eigenvalue weighted by Crippen LogP contribution is -2.38. The first kappa shape index (κ1) is 16.7. The van der Waals surface area contributed by atoms with Gasteiger partial charge in [0.25, 0.3) is 0 Å². The second-order valence-corrected chi connectivity index (χ2v) is 3.73. The number of para-hydroxylation sites is 1. The number of benzene rings is 1. The van der Waals surface area contributed by atoms with Crippen molar-refractivity contribution in [1.29, 1.82) is 0 Å². The van der Waals surface area contributed by atoms with Crippen molar-refractivity contribution in [3.63, 3.8) is 0 Å². The van der Waals surface area contributed by atoms with Crippen LogP contribution in [0.15, 0.2) is 24.3 Å². The zero-order valence-corrected chi connectivity index (χ0v) is 11.0. The van der Waals surface area contributed by atoms with Crippen LogP contribution in [0.1, 0.15) is 13.3 Å². The molecule has 102 valence electrons. The van der Waals surface area contributed by atoms with E-state index < -0.39 is 5.82 Å². The molecule has 1 atom stereocenters. The van der Waals surface area contributed by atoms with Gasteiger partial charge in [-0.15, -0.1) is 12.4 Å². The number of amides is 1. The highest BCUT2D eigenvalue weighted by Gasteiger charge is 2.06. The lowest BCUT2D eigenvalue weighted by Gasteiger charge is -2.11. The SMILES string of the molecule is C[C@@H](CN)NC(=O)CCOc1ccccc1F.Cl. The molecule has 1 aromatic carbocycles. The highest BCUT2D eigenvalue weighted by Crippen LogP contribution is 2.15. The summed E-state index contributed by atoms with van der Waals surface area (Å²) in [7, 11) is 0. The lowest BCUT2D eigenvalue weighted by atomic mass is 10.3. The van der Waals surface area contributed by atoms with E-state index >= 15 is 0 Å². The van der Waals surface area contributed by atoms with E-state index in [9.17, 15) is 9.18 Å². The van der Waals surface area contributed by atoms with E-state index in [0.29, 0.717) is 6.54 Å². The summed E-state index contributed by atoms with van der Waals surface area (Å²) in [6.07, 6.45) is 0.179. The van der Waals surface area contributed by atoms with Crippen molar-refractivity contribution in [3.8, 4) is 5.75 Å². The number of nitrogens with one attached hydrogen (secondary N) is 1. The molecule has 3 N–H and O–H groups in total. The molecule has 0 unspecified atom stereocenters. The van der Waals surface area contributed by atoms with Gasteiger partial charge in [-0.25, -0.2) is 4.39 Å². The van der Waals surface area contributed by atoms with Crippen LogP contribution < -0.4 is 15.8 Å². The number of ether oxygens (including phenoxy) is 1. The van der Waals surface area contributed by atoms with Crippen LogP contribution in [0.3, 0.4) is 0 Å². The maximum absolute atomic E-state index is 13.1. The van der Waals surface area contributed by atoms with Crippen LogP contribution in [0.4, 0.5) is 4.39 Å². The molecule has 0 aliphatic rings. The Bertz CT molecular complexity index is 377. The van der Waals surface area contributed by atoms with E-state index in [1.165, 1.54) is 12.1 Å². The average molecular weight is 277 g/mol. The molecule has 0 saturated heterocycles. The first-order chi connectivity index (χ1) is 8.13. The molecule has 0 saturated carbocycles. The minimum absolute atomic E-state index is 0. The van der Waals surface area contributed by atoms with Crippen molar-refractivity contribution in [1.82, 2.24) is 5.32 Å². The molecule has 6 heteroatoms. The van der Waals surface area contributed by atoms with Gasteiger partial charge in [0, 0.05) is 12.6 Å². The summed E-state index contributed by atoms with van der Waals surface area (Å²) in [5.74, 6) is -0.422. The summed E-state index contributed by atoms with van der Waals surface area (Å²) in [5.41, 5.74) is 5.36. The van der Waals surface area contributed by atoms with Gasteiger partial charge in [-0.05, 0) is 19.1 Å². The maximum atomic E-state index is 13.1. The molecule has 0 aromatic heterocycles. The van der Waals surface area contributed by atoms with Gasteiger partial charge in [0.2, 0.25) is 5.91 Å². The molecule has 0 heterocycles. The van der Waals surface area contributed by atoms with Crippen molar-refractivity contribution in [2.75, 3.05) is 13.2 Å². The van der Waals surface area contributed by atoms with Crippen LogP contribution in [0.5, 0.6) is 5.75 Å². The van der Waals surface area contributed by atoms with Crippen molar-refractivity contribution >= 4 is 18.3 Å². The third-order valence-electron chi connectivity index (χ3n) is 2.18. The van der Waals surface area contributed by atoms with Crippen LogP contribution in [-0.4, -0.2) is 25.1 Å². The Morgan fingerprint density at radius 1 is 1.50 bits per heavy atom. The number of halogens is 2. The number of carbonyl (C=O) groups is 1. The van der Waals surface area contributed by atoms with Crippen LogP contribution >= 0.6 is 12.4 Å². The average Bonchev–Trinajstić information content (AvgIpc) is 2.31. The van der Waals surface area contributed by atoms with Gasteiger partial charge >= 0.3 is 0 Å². The molecule has 1 aromatic rings. The molecule has 4 nitrogen and oxygen atoms in total. The molecule has 0 fully saturated rings. The summed E-state index contributed by atoms with van der Waals surface area (Å²) in [5, 5.41) is 2.69. The number of hydrogen-bond acceptors (Lipinski definition) is 3. The van der Waals surface area contributed by atoms with Gasteiger partial charge in [-0.2, -0.15) is 0 Å². The van der Waals surface area contributed by atoms with Gasteiger partial charge in [0.05, 0.1) is 13.0 Å². The van der Waals surface area contributed by atoms with Gasteiger partial charge in [0.15, 0.2) is 11.6 Å². The Morgan fingerprint density at radius 2 is 2.17 bits per heavy atom. The minimum Gasteiger partial charge on any atom is -0.490 e. The lowest BCUT2D eigenvalue weighted by molar-refractivity contribution is -0.122. The minimum atomic E-state index is -0.428. The van der Waals surface area contributed by atoms with E-state index in [0.717, 1.165) is 0 Å². The van der Waals surface area contributed by atoms with Crippen molar-refractivity contribution < 1.29 is 13.9 Å². The molecule has 1 amide bonds. The van der Waals surface area contributed by atoms with Gasteiger partial charge < -0.3 is 15.8 Å². The van der Waals surface area contributed by atoms with Crippen molar-refractivity contribution in [2.45, 2.75) is 19.4 Å². The molecular formula is C12H18ClFN2O2. The van der Waals surface area contributed by atoms with Crippen LogP contribution in [-0.2, 0) is 4.79 Å². The van der Waals surface area contributed by atoms with Crippen molar-refractivity contribution in [2.24, 2.45) is 5.73 Å². The Morgan fingerprint density at radius 3 is 2.78 bits per heavy atom. The fraction of sp³-hybridized carbons (Fsp3) is 0.417. The first-order valence-corrected chi connectivity index (χ1v) is 5.50. The van der Waals surface area contributed by atoms with E-state index in [-0.39, 0.29) is 43.1 Å². The Labute approximate surface area is 112 Å². The molecule has 18 heavy (non-hydrogen) atoms. The molecule has 0 aliphatic carbocycles. The highest BCUT2D eigenvalue weighted by atomic mass is 35.5. The van der Waals surface area contributed by atoms with Gasteiger partial charge in [-0.3, -0.25) is 4.79 Å². The van der Waals surface area contributed by atoms with E-state index in [1.54, 1.807) is 12.1 Å². The largest absolute Gasteiger partial charge is 0.490 e. The van der Waals surface area contributed by atoms with Crippen molar-refractivity contribution in [3.05, 3.63) is 30.1 Å². The molecule has 0 spiro atoms. The molecule has 0 aliphatic heterocycles. The topological polar surface area (TPSA) is 64.3 Å². The van der Waals surface area contributed by atoms with E-state index in [1.807, 2.05) is 6.92 Å². The zero-order valence-electron chi connectivity index (χ0n) is 10.2. The summed E-state index contributed by atoms with van der Waals surface area (Å²) >= 11 is 0. The maximum Gasteiger partial charge on any atom is 0.223 e. The zero-order chi connectivity index (χ0) is 12.7. The monoisotopic (exact) mass is 276 g/mol. The fourth-order valence-corrected chi connectivity index (χ4v) is 1.22. The van der Waals surface area contributed by atoms with Gasteiger partial charge in [-0.1, -0.05) is 12.1 Å². The molecule has 0 radical (unpaired) electrons. The summed E-state index contributed by atoms with van der Waals surface area (Å²) < 4.78 is 18.3. The van der Waals surface area contributed by atoms with Crippen LogP contribution in [0, 0.1) is 5.82 Å². The summed E-state index contributed by atoms with van der Waals surface area (Å²) in [6, 6.07) is 6.03. The van der Waals surface area contributed by atoms with Crippen LogP contribution in [0.25, 0.3) is 0 Å². The smallest absolute Gasteiger partial charge is 0.223 e. The van der Waals surface area contributed by atoms with E-state index in [4.69, 9.17) is 10.5 Å². The quantitative estimate of drug-likeness (QED) is 0.827. The summed E-state index contributed by atoms with van der Waals surface area (Å²) in [4.78, 5) is 11.3. The first-order valence-electron chi connectivity index (χ1n) is 5.50. The van der Waals surface area contributed by atoms with Crippen LogP contribution in [0.2, 0.25) is 0 Å². The molecule has 1 rings (SSSR count). The Hall–Kier alpha value is -1.33. The Balaban J connectivity index is 0.00000289. The highest BCUT2D eigenvalue weighted by molar-refractivity contribution is 5.85. The molecular weight excluding hydrogens is 259 g/mol. The Kier molecular flexibility index (Phi) is 8.07. The van der Waals surface area contributed by atoms with E-state index in [2.05, 4.69) is 5.32 Å². The fourth-order valence-electron chi connectivity index (χ4n) is 1.22.